The molecule has 1 atom stereocenters. The van der Waals surface area contributed by atoms with Crippen LogP contribution in [0.4, 0.5) is 0 Å². The highest BCUT2D eigenvalue weighted by molar-refractivity contribution is 5.96. The second-order valence-electron chi connectivity index (χ2n) is 5.56. The molecule has 1 aromatic carbocycles. The van der Waals surface area contributed by atoms with Crippen LogP contribution in [0.5, 0.6) is 0 Å². The fourth-order valence-corrected chi connectivity index (χ4v) is 2.35. The first-order valence-electron chi connectivity index (χ1n) is 7.25. The third kappa shape index (κ3) is 3.33. The van der Waals surface area contributed by atoms with E-state index in [1.54, 1.807) is 36.8 Å². The van der Waals surface area contributed by atoms with Gasteiger partial charge in [-0.3, -0.25) is 4.79 Å². The normalized spacial score (nSPS) is 15.3. The highest BCUT2D eigenvalue weighted by Gasteiger charge is 2.30. The number of carboxylic acid groups (broad SMARTS) is 1. The number of carbonyl (C=O) groups excluding carboxylic acids is 1. The summed E-state index contributed by atoms with van der Waals surface area (Å²) in [5, 5.41) is 11.8. The Morgan fingerprint density at radius 3 is 2.59 bits per heavy atom. The number of amides is 1. The fraction of sp³-hybridized carbons (Fsp3) is 0.312. The van der Waals surface area contributed by atoms with E-state index in [4.69, 9.17) is 0 Å². The van der Waals surface area contributed by atoms with Gasteiger partial charge in [0.05, 0.1) is 6.33 Å². The van der Waals surface area contributed by atoms with E-state index in [0.29, 0.717) is 17.9 Å². The Labute approximate surface area is 127 Å². The molecular formula is C16H17N3O3. The summed E-state index contributed by atoms with van der Waals surface area (Å²) >= 11 is 0. The third-order valence-electron chi connectivity index (χ3n) is 3.80. The lowest BCUT2D eigenvalue weighted by molar-refractivity contribution is -0.139. The molecule has 1 heterocycles. The molecule has 0 saturated heterocycles. The van der Waals surface area contributed by atoms with Crippen LogP contribution >= 0.6 is 0 Å². The molecule has 1 amide bonds. The van der Waals surface area contributed by atoms with Crippen molar-refractivity contribution in [3.8, 4) is 5.69 Å². The Morgan fingerprint density at radius 1 is 1.32 bits per heavy atom. The number of carbonyl (C=O) groups is 2. The van der Waals surface area contributed by atoms with Gasteiger partial charge in [0.1, 0.15) is 6.04 Å². The lowest BCUT2D eigenvalue weighted by atomic mass is 10.1. The number of aromatic nitrogens is 2. The number of benzene rings is 1. The molecule has 1 unspecified atom stereocenters. The van der Waals surface area contributed by atoms with Crippen molar-refractivity contribution in [2.24, 2.45) is 5.92 Å². The van der Waals surface area contributed by atoms with Crippen molar-refractivity contribution >= 4 is 11.9 Å². The minimum atomic E-state index is -0.977. The Hall–Kier alpha value is -2.63. The number of imidazole rings is 1. The first-order valence-corrected chi connectivity index (χ1v) is 7.25. The number of hydrogen-bond donors (Lipinski definition) is 2. The van der Waals surface area contributed by atoms with Gasteiger partial charge in [0.15, 0.2) is 0 Å². The van der Waals surface area contributed by atoms with Crippen LogP contribution in [0.3, 0.4) is 0 Å². The van der Waals surface area contributed by atoms with Gasteiger partial charge in [-0.15, -0.1) is 0 Å². The second kappa shape index (κ2) is 6.01. The smallest absolute Gasteiger partial charge is 0.326 e. The van der Waals surface area contributed by atoms with Gasteiger partial charge in [-0.1, -0.05) is 12.8 Å². The van der Waals surface area contributed by atoms with E-state index in [-0.39, 0.29) is 5.91 Å². The molecule has 3 rings (SSSR count). The quantitative estimate of drug-likeness (QED) is 0.852. The van der Waals surface area contributed by atoms with Crippen molar-refractivity contribution in [3.05, 3.63) is 48.5 Å². The SMILES string of the molecule is O=C(NC(CC1CC1)C(=O)O)c1ccc(-n2ccnc2)cc1. The van der Waals surface area contributed by atoms with E-state index < -0.39 is 12.0 Å². The van der Waals surface area contributed by atoms with Gasteiger partial charge in [0, 0.05) is 23.6 Å². The highest BCUT2D eigenvalue weighted by atomic mass is 16.4. The van der Waals surface area contributed by atoms with Gasteiger partial charge in [-0.2, -0.15) is 0 Å². The molecule has 0 aliphatic heterocycles. The summed E-state index contributed by atoms with van der Waals surface area (Å²) in [5.74, 6) is -0.898. The van der Waals surface area contributed by atoms with Crippen LogP contribution in [-0.4, -0.2) is 32.6 Å². The van der Waals surface area contributed by atoms with Crippen molar-refractivity contribution in [1.29, 1.82) is 0 Å². The van der Waals surface area contributed by atoms with Gasteiger partial charge in [0.2, 0.25) is 0 Å². The maximum atomic E-state index is 12.2. The minimum Gasteiger partial charge on any atom is -0.480 e. The number of rotatable bonds is 6. The van der Waals surface area contributed by atoms with Crippen LogP contribution in [0.2, 0.25) is 0 Å². The van der Waals surface area contributed by atoms with E-state index in [9.17, 15) is 14.7 Å². The number of nitrogens with one attached hydrogen (secondary N) is 1. The third-order valence-corrected chi connectivity index (χ3v) is 3.80. The molecule has 0 bridgehead atoms. The zero-order valence-corrected chi connectivity index (χ0v) is 12.0. The second-order valence-corrected chi connectivity index (χ2v) is 5.56. The summed E-state index contributed by atoms with van der Waals surface area (Å²) in [6.45, 7) is 0. The molecule has 2 N–H and O–H groups in total. The molecule has 1 fully saturated rings. The van der Waals surface area contributed by atoms with Gasteiger partial charge in [0.25, 0.3) is 5.91 Å². The summed E-state index contributed by atoms with van der Waals surface area (Å²) in [7, 11) is 0. The summed E-state index contributed by atoms with van der Waals surface area (Å²) in [6, 6.07) is 6.15. The van der Waals surface area contributed by atoms with Crippen molar-refractivity contribution < 1.29 is 14.7 Å². The number of carboxylic acids is 1. The fourth-order valence-electron chi connectivity index (χ4n) is 2.35. The summed E-state index contributed by atoms with van der Waals surface area (Å²) in [5.41, 5.74) is 1.34. The molecule has 1 aromatic heterocycles. The number of hydrogen-bond acceptors (Lipinski definition) is 3. The number of aliphatic carboxylic acids is 1. The van der Waals surface area contributed by atoms with Crippen LogP contribution in [0.15, 0.2) is 43.0 Å². The lowest BCUT2D eigenvalue weighted by Crippen LogP contribution is -2.41. The molecule has 6 heteroatoms. The van der Waals surface area contributed by atoms with Gasteiger partial charge >= 0.3 is 5.97 Å². The van der Waals surface area contributed by atoms with Crippen molar-refractivity contribution in [3.63, 3.8) is 0 Å². The molecule has 114 valence electrons. The van der Waals surface area contributed by atoms with Crippen LogP contribution in [-0.2, 0) is 4.79 Å². The number of nitrogens with zero attached hydrogens (tertiary/aromatic N) is 2. The first-order chi connectivity index (χ1) is 10.6. The molecule has 1 saturated carbocycles. The van der Waals surface area contributed by atoms with Gasteiger partial charge in [-0.25, -0.2) is 9.78 Å². The Kier molecular flexibility index (Phi) is 3.91. The van der Waals surface area contributed by atoms with E-state index in [1.165, 1.54) is 0 Å². The summed E-state index contributed by atoms with van der Waals surface area (Å²) < 4.78 is 1.83. The molecule has 0 radical (unpaired) electrons. The maximum Gasteiger partial charge on any atom is 0.326 e. The zero-order chi connectivity index (χ0) is 15.5. The van der Waals surface area contributed by atoms with E-state index in [0.717, 1.165) is 18.5 Å². The molecule has 6 nitrogen and oxygen atoms in total. The van der Waals surface area contributed by atoms with Crippen LogP contribution < -0.4 is 5.32 Å². The van der Waals surface area contributed by atoms with Crippen LogP contribution in [0.25, 0.3) is 5.69 Å². The Bertz CT molecular complexity index is 660. The molecule has 1 aliphatic carbocycles. The van der Waals surface area contributed by atoms with Crippen molar-refractivity contribution in [1.82, 2.24) is 14.9 Å². The standard InChI is InChI=1S/C16H17N3O3/c20-15(18-14(16(21)22)9-11-1-2-11)12-3-5-13(6-4-12)19-8-7-17-10-19/h3-8,10-11,14H,1-2,9H2,(H,18,20)(H,21,22). The van der Waals surface area contributed by atoms with Crippen LogP contribution in [0.1, 0.15) is 29.6 Å². The Morgan fingerprint density at radius 2 is 2.05 bits per heavy atom. The van der Waals surface area contributed by atoms with Crippen molar-refractivity contribution in [2.75, 3.05) is 0 Å². The van der Waals surface area contributed by atoms with E-state index >= 15 is 0 Å². The largest absolute Gasteiger partial charge is 0.480 e. The average Bonchev–Trinajstić information content (AvgIpc) is 3.16. The van der Waals surface area contributed by atoms with Gasteiger partial charge < -0.3 is 15.0 Å². The molecule has 22 heavy (non-hydrogen) atoms. The molecular weight excluding hydrogens is 282 g/mol. The highest BCUT2D eigenvalue weighted by Crippen LogP contribution is 2.33. The summed E-state index contributed by atoms with van der Waals surface area (Å²) in [6.07, 6.45) is 7.78. The molecule has 2 aromatic rings. The topological polar surface area (TPSA) is 84.2 Å². The average molecular weight is 299 g/mol. The zero-order valence-electron chi connectivity index (χ0n) is 12.0. The van der Waals surface area contributed by atoms with Crippen LogP contribution in [0, 0.1) is 5.92 Å². The summed E-state index contributed by atoms with van der Waals surface area (Å²) in [4.78, 5) is 27.3. The maximum absolute atomic E-state index is 12.2. The molecule has 1 aliphatic rings. The van der Waals surface area contributed by atoms with E-state index in [1.807, 2.05) is 10.8 Å². The first kappa shape index (κ1) is 14.3. The molecule has 0 spiro atoms. The lowest BCUT2D eigenvalue weighted by Gasteiger charge is -2.14. The van der Waals surface area contributed by atoms with E-state index in [2.05, 4.69) is 10.3 Å². The van der Waals surface area contributed by atoms with Gasteiger partial charge in [-0.05, 0) is 36.6 Å². The Balaban J connectivity index is 1.67. The minimum absolute atomic E-state index is 0.356. The van der Waals surface area contributed by atoms with Crippen molar-refractivity contribution in [2.45, 2.75) is 25.3 Å². The predicted molar refractivity (Wildman–Crippen MR) is 79.8 cm³/mol. The monoisotopic (exact) mass is 299 g/mol. The predicted octanol–water partition coefficient (Wildman–Crippen LogP) is 1.86.